The zero-order chi connectivity index (χ0) is 12.0. The summed E-state index contributed by atoms with van der Waals surface area (Å²) in [4.78, 5) is 2.18. The number of nitrogens with zero attached hydrogens (tertiary/aromatic N) is 1. The molecule has 3 heteroatoms. The fraction of sp³-hybridized carbons (Fsp3) is 0.538. The monoisotopic (exact) mass is 222 g/mol. The molecule has 16 heavy (non-hydrogen) atoms. The molecule has 0 spiro atoms. The number of nitrogens with two attached hydrogens (primary N) is 1. The highest BCUT2D eigenvalue weighted by Crippen LogP contribution is 2.21. The maximum atomic E-state index is 9.05. The maximum absolute atomic E-state index is 9.05. The minimum atomic E-state index is 0.178. The fourth-order valence-electron chi connectivity index (χ4n) is 1.66. The molecule has 0 unspecified atom stereocenters. The Kier molecular flexibility index (Phi) is 5.12. The average molecular weight is 222 g/mol. The predicted molar refractivity (Wildman–Crippen MR) is 69.8 cm³/mol. The van der Waals surface area contributed by atoms with Crippen LogP contribution in [-0.2, 0) is 0 Å². The van der Waals surface area contributed by atoms with Crippen LogP contribution in [0.25, 0.3) is 0 Å². The highest BCUT2D eigenvalue weighted by Gasteiger charge is 2.06. The van der Waals surface area contributed by atoms with E-state index in [0.717, 1.165) is 36.3 Å². The molecule has 3 nitrogen and oxygen atoms in total. The first kappa shape index (κ1) is 12.8. The minimum Gasteiger partial charge on any atom is -0.398 e. The van der Waals surface area contributed by atoms with Gasteiger partial charge < -0.3 is 15.7 Å². The molecule has 0 saturated carbocycles. The second-order valence-corrected chi connectivity index (χ2v) is 4.11. The van der Waals surface area contributed by atoms with E-state index in [9.17, 15) is 0 Å². The summed E-state index contributed by atoms with van der Waals surface area (Å²) < 4.78 is 0. The highest BCUT2D eigenvalue weighted by molar-refractivity contribution is 5.59. The maximum Gasteiger partial charge on any atom is 0.0606 e. The quantitative estimate of drug-likeness (QED) is 0.725. The number of hydrogen-bond donors (Lipinski definition) is 2. The van der Waals surface area contributed by atoms with Crippen molar-refractivity contribution < 1.29 is 5.11 Å². The van der Waals surface area contributed by atoms with E-state index in [-0.39, 0.29) is 6.61 Å². The van der Waals surface area contributed by atoms with Crippen molar-refractivity contribution >= 4 is 11.4 Å². The second-order valence-electron chi connectivity index (χ2n) is 4.11. The molecule has 90 valence electrons. The Bertz CT molecular complexity index is 326. The van der Waals surface area contributed by atoms with E-state index >= 15 is 0 Å². The van der Waals surface area contributed by atoms with Crippen LogP contribution in [0.4, 0.5) is 11.4 Å². The van der Waals surface area contributed by atoms with Gasteiger partial charge in [-0.3, -0.25) is 0 Å². The number of anilines is 2. The van der Waals surface area contributed by atoms with Crippen LogP contribution in [0.15, 0.2) is 18.2 Å². The summed E-state index contributed by atoms with van der Waals surface area (Å²) in [5.41, 5.74) is 8.91. The molecule has 0 fully saturated rings. The van der Waals surface area contributed by atoms with Crippen molar-refractivity contribution in [3.8, 4) is 0 Å². The zero-order valence-corrected chi connectivity index (χ0v) is 10.2. The topological polar surface area (TPSA) is 49.5 Å². The molecule has 0 aliphatic rings. The Hall–Kier alpha value is -1.22. The number of benzene rings is 1. The Morgan fingerprint density at radius 2 is 2.06 bits per heavy atom. The van der Waals surface area contributed by atoms with E-state index in [4.69, 9.17) is 10.8 Å². The van der Waals surface area contributed by atoms with E-state index in [1.54, 1.807) is 0 Å². The van der Waals surface area contributed by atoms with Gasteiger partial charge in [-0.05, 0) is 31.0 Å². The lowest BCUT2D eigenvalue weighted by molar-refractivity contribution is 0.301. The number of aliphatic hydroxyl groups is 1. The van der Waals surface area contributed by atoms with Gasteiger partial charge in [-0.1, -0.05) is 19.4 Å². The standard InChI is InChI=1S/C13H22N2O/c1-3-4-7-15(8-9-16)12-6-5-11(2)13(14)10-12/h5-6,10,16H,3-4,7-9,14H2,1-2H3. The Balaban J connectivity index is 2.78. The van der Waals surface area contributed by atoms with E-state index < -0.39 is 0 Å². The first-order valence-electron chi connectivity index (χ1n) is 5.91. The zero-order valence-electron chi connectivity index (χ0n) is 10.2. The van der Waals surface area contributed by atoms with Gasteiger partial charge in [0.15, 0.2) is 0 Å². The molecular formula is C13H22N2O. The van der Waals surface area contributed by atoms with Crippen molar-refractivity contribution in [2.24, 2.45) is 0 Å². The largest absolute Gasteiger partial charge is 0.398 e. The van der Waals surface area contributed by atoms with Crippen LogP contribution in [-0.4, -0.2) is 24.8 Å². The van der Waals surface area contributed by atoms with Crippen molar-refractivity contribution in [3.05, 3.63) is 23.8 Å². The third kappa shape index (κ3) is 3.42. The first-order chi connectivity index (χ1) is 7.69. The SMILES string of the molecule is CCCCN(CCO)c1ccc(C)c(N)c1. The van der Waals surface area contributed by atoms with Gasteiger partial charge in [0.05, 0.1) is 6.61 Å². The molecular weight excluding hydrogens is 200 g/mol. The van der Waals surface area contributed by atoms with Crippen LogP contribution >= 0.6 is 0 Å². The van der Waals surface area contributed by atoms with Crippen molar-refractivity contribution in [2.75, 3.05) is 30.3 Å². The number of nitrogen functional groups attached to an aromatic ring is 1. The molecule has 0 saturated heterocycles. The summed E-state index contributed by atoms with van der Waals surface area (Å²) in [5, 5.41) is 9.05. The van der Waals surface area contributed by atoms with Gasteiger partial charge in [0.25, 0.3) is 0 Å². The van der Waals surface area contributed by atoms with Crippen LogP contribution in [0.1, 0.15) is 25.3 Å². The lowest BCUT2D eigenvalue weighted by Crippen LogP contribution is -2.27. The molecule has 1 aromatic carbocycles. The van der Waals surface area contributed by atoms with Gasteiger partial charge in [0, 0.05) is 24.5 Å². The lowest BCUT2D eigenvalue weighted by atomic mass is 10.1. The van der Waals surface area contributed by atoms with Crippen LogP contribution in [0, 0.1) is 6.92 Å². The van der Waals surface area contributed by atoms with Crippen LogP contribution < -0.4 is 10.6 Å². The first-order valence-corrected chi connectivity index (χ1v) is 5.91. The summed E-state index contributed by atoms with van der Waals surface area (Å²) >= 11 is 0. The van der Waals surface area contributed by atoms with E-state index in [1.165, 1.54) is 0 Å². The van der Waals surface area contributed by atoms with Crippen LogP contribution in [0.3, 0.4) is 0 Å². The summed E-state index contributed by atoms with van der Waals surface area (Å²) in [6.45, 7) is 5.99. The number of hydrogen-bond acceptors (Lipinski definition) is 3. The van der Waals surface area contributed by atoms with Gasteiger partial charge in [-0.15, -0.1) is 0 Å². The van der Waals surface area contributed by atoms with Crippen LogP contribution in [0.2, 0.25) is 0 Å². The summed E-state index contributed by atoms with van der Waals surface area (Å²) in [6.07, 6.45) is 2.29. The van der Waals surface area contributed by atoms with Crippen LogP contribution in [0.5, 0.6) is 0 Å². The minimum absolute atomic E-state index is 0.178. The highest BCUT2D eigenvalue weighted by atomic mass is 16.3. The van der Waals surface area contributed by atoms with Gasteiger partial charge in [0.1, 0.15) is 0 Å². The van der Waals surface area contributed by atoms with E-state index in [0.29, 0.717) is 6.54 Å². The molecule has 0 atom stereocenters. The average Bonchev–Trinajstić information content (AvgIpc) is 2.28. The van der Waals surface area contributed by atoms with Gasteiger partial charge in [-0.2, -0.15) is 0 Å². The molecule has 1 aromatic rings. The summed E-state index contributed by atoms with van der Waals surface area (Å²) in [5.74, 6) is 0. The number of unbranched alkanes of at least 4 members (excludes halogenated alkanes) is 1. The van der Waals surface area contributed by atoms with Gasteiger partial charge in [0.2, 0.25) is 0 Å². The summed E-state index contributed by atoms with van der Waals surface area (Å²) in [6, 6.07) is 6.08. The number of rotatable bonds is 6. The van der Waals surface area contributed by atoms with Crippen molar-refractivity contribution in [3.63, 3.8) is 0 Å². The molecule has 0 amide bonds. The fourth-order valence-corrected chi connectivity index (χ4v) is 1.66. The molecule has 0 aliphatic heterocycles. The molecule has 0 heterocycles. The van der Waals surface area contributed by atoms with Crippen molar-refractivity contribution in [1.82, 2.24) is 0 Å². The Labute approximate surface area is 97.9 Å². The normalized spacial score (nSPS) is 10.4. The summed E-state index contributed by atoms with van der Waals surface area (Å²) in [7, 11) is 0. The second kappa shape index (κ2) is 6.38. The predicted octanol–water partition coefficient (Wildman–Crippen LogP) is 2.18. The van der Waals surface area contributed by atoms with Crippen molar-refractivity contribution in [1.29, 1.82) is 0 Å². The molecule has 3 N–H and O–H groups in total. The van der Waals surface area contributed by atoms with E-state index in [2.05, 4.69) is 17.9 Å². The molecule has 1 rings (SSSR count). The van der Waals surface area contributed by atoms with Gasteiger partial charge in [-0.25, -0.2) is 0 Å². The molecule has 0 aliphatic carbocycles. The molecule has 0 radical (unpaired) electrons. The third-order valence-corrected chi connectivity index (χ3v) is 2.78. The smallest absolute Gasteiger partial charge is 0.0606 e. The number of aliphatic hydroxyl groups excluding tert-OH is 1. The number of aryl methyl sites for hydroxylation is 1. The lowest BCUT2D eigenvalue weighted by Gasteiger charge is -2.24. The van der Waals surface area contributed by atoms with Gasteiger partial charge >= 0.3 is 0 Å². The van der Waals surface area contributed by atoms with Crippen molar-refractivity contribution in [2.45, 2.75) is 26.7 Å². The Morgan fingerprint density at radius 1 is 1.31 bits per heavy atom. The van der Waals surface area contributed by atoms with E-state index in [1.807, 2.05) is 19.1 Å². The molecule has 0 aromatic heterocycles. The molecule has 0 bridgehead atoms. The Morgan fingerprint density at radius 3 is 2.62 bits per heavy atom. The third-order valence-electron chi connectivity index (χ3n) is 2.78.